The van der Waals surface area contributed by atoms with E-state index in [9.17, 15) is 9.46 Å². The maximum atomic E-state index is 12.1. The third-order valence-corrected chi connectivity index (χ3v) is 8.39. The molecule has 0 amide bonds. The Bertz CT molecular complexity index is 503. The van der Waals surface area contributed by atoms with Gasteiger partial charge >= 0.3 is 7.82 Å². The minimum atomic E-state index is -3.93. The van der Waals surface area contributed by atoms with Crippen molar-refractivity contribution in [2.45, 2.75) is 136 Å². The molecule has 6 nitrogen and oxygen atoms in total. The molecule has 0 aromatic carbocycles. The minimum absolute atomic E-state index is 0.252. The molecule has 7 heteroatoms. The van der Waals surface area contributed by atoms with Gasteiger partial charge in [-0.2, -0.15) is 0 Å². The van der Waals surface area contributed by atoms with Crippen LogP contribution in [-0.4, -0.2) is 66.7 Å². The van der Waals surface area contributed by atoms with E-state index in [2.05, 4.69) is 30.6 Å². The molecule has 35 heavy (non-hydrogen) atoms. The van der Waals surface area contributed by atoms with Gasteiger partial charge in [0.1, 0.15) is 0 Å². The molecular weight excluding hydrogens is 459 g/mol. The molecule has 1 aliphatic heterocycles. The smallest absolute Gasteiger partial charge is 0.302 e. The monoisotopic (exact) mass is 518 g/mol. The number of piperazine rings is 1. The normalized spacial score (nSPS) is 17.3. The lowest BCUT2D eigenvalue weighted by Gasteiger charge is -2.39. The van der Waals surface area contributed by atoms with Gasteiger partial charge in [0.2, 0.25) is 0 Å². The van der Waals surface area contributed by atoms with Crippen molar-refractivity contribution >= 4 is 7.82 Å². The van der Waals surface area contributed by atoms with Crippen molar-refractivity contribution in [3.05, 3.63) is 0 Å². The van der Waals surface area contributed by atoms with Crippen LogP contribution in [0.25, 0.3) is 0 Å². The molecule has 0 spiro atoms. The molecule has 1 saturated heterocycles. The highest BCUT2D eigenvalue weighted by molar-refractivity contribution is 7.47. The summed E-state index contributed by atoms with van der Waals surface area (Å²) in [6.07, 6.45) is 21.5. The number of nitrogens with zero attached hydrogens (tertiary/aromatic N) is 2. The van der Waals surface area contributed by atoms with E-state index in [1.165, 1.54) is 96.3 Å². The Kier molecular flexibility index (Phi) is 20.8. The standard InChI is InChI=1S/C28H59N2O4P/c1-4-7-10-13-14-15-18-26-33-35(31,32)34-27-25-29-21-23-30(24-22-29)28(19-16-11-8-5-2)20-17-12-9-6-3/h28H,4-27H2,1-3H3,(H,31,32). The van der Waals surface area contributed by atoms with Crippen molar-refractivity contribution in [1.82, 2.24) is 9.80 Å². The van der Waals surface area contributed by atoms with Crippen LogP contribution in [0.5, 0.6) is 0 Å². The Labute approximate surface area is 218 Å². The van der Waals surface area contributed by atoms with Gasteiger partial charge in [-0.1, -0.05) is 111 Å². The molecule has 1 unspecified atom stereocenters. The lowest BCUT2D eigenvalue weighted by atomic mass is 9.99. The molecule has 0 radical (unpaired) electrons. The third kappa shape index (κ3) is 18.0. The van der Waals surface area contributed by atoms with E-state index < -0.39 is 7.82 Å². The Morgan fingerprint density at radius 2 is 1.11 bits per heavy atom. The number of hydrogen-bond donors (Lipinski definition) is 1. The number of phosphoric ester groups is 1. The van der Waals surface area contributed by atoms with Gasteiger partial charge in [0.05, 0.1) is 13.2 Å². The zero-order chi connectivity index (χ0) is 25.6. The molecule has 1 atom stereocenters. The van der Waals surface area contributed by atoms with Crippen molar-refractivity contribution in [3.8, 4) is 0 Å². The molecule has 0 saturated carbocycles. The van der Waals surface area contributed by atoms with Crippen LogP contribution in [0, 0.1) is 0 Å². The van der Waals surface area contributed by atoms with Crippen molar-refractivity contribution in [1.29, 1.82) is 0 Å². The van der Waals surface area contributed by atoms with E-state index in [0.717, 1.165) is 45.1 Å². The Balaban J connectivity index is 2.21. The summed E-state index contributed by atoms with van der Waals surface area (Å²) < 4.78 is 22.6. The minimum Gasteiger partial charge on any atom is -0.302 e. The lowest BCUT2D eigenvalue weighted by Crippen LogP contribution is -2.50. The highest BCUT2D eigenvalue weighted by Crippen LogP contribution is 2.43. The summed E-state index contributed by atoms with van der Waals surface area (Å²) in [7, 11) is -3.93. The first-order valence-electron chi connectivity index (χ1n) is 15.1. The summed E-state index contributed by atoms with van der Waals surface area (Å²) in [5.41, 5.74) is 0. The molecule has 0 aliphatic carbocycles. The van der Waals surface area contributed by atoms with Crippen LogP contribution in [0.3, 0.4) is 0 Å². The van der Waals surface area contributed by atoms with E-state index in [-0.39, 0.29) is 6.61 Å². The van der Waals surface area contributed by atoms with Crippen LogP contribution in [0.4, 0.5) is 0 Å². The van der Waals surface area contributed by atoms with Gasteiger partial charge in [0, 0.05) is 38.8 Å². The predicted octanol–water partition coefficient (Wildman–Crippen LogP) is 7.80. The fourth-order valence-corrected chi connectivity index (χ4v) is 5.78. The topological polar surface area (TPSA) is 62.2 Å². The van der Waals surface area contributed by atoms with Gasteiger partial charge in [0.25, 0.3) is 0 Å². The summed E-state index contributed by atoms with van der Waals surface area (Å²) in [6, 6.07) is 0.722. The Hall–Kier alpha value is 0.0300. The van der Waals surface area contributed by atoms with Gasteiger partial charge in [-0.15, -0.1) is 0 Å². The van der Waals surface area contributed by atoms with Crippen LogP contribution in [-0.2, 0) is 13.6 Å². The van der Waals surface area contributed by atoms with Gasteiger partial charge in [-0.3, -0.25) is 18.8 Å². The first kappa shape index (κ1) is 33.1. The second-order valence-electron chi connectivity index (χ2n) is 10.5. The maximum Gasteiger partial charge on any atom is 0.472 e. The van der Waals surface area contributed by atoms with E-state index in [0.29, 0.717) is 13.2 Å². The molecule has 0 bridgehead atoms. The summed E-state index contributed by atoms with van der Waals surface area (Å²) >= 11 is 0. The van der Waals surface area contributed by atoms with E-state index in [1.807, 2.05) is 0 Å². The fraction of sp³-hybridized carbons (Fsp3) is 1.00. The number of phosphoric acid groups is 1. The Morgan fingerprint density at radius 3 is 1.66 bits per heavy atom. The van der Waals surface area contributed by atoms with Crippen LogP contribution in [0.1, 0.15) is 130 Å². The average molecular weight is 519 g/mol. The predicted molar refractivity (Wildman–Crippen MR) is 149 cm³/mol. The zero-order valence-corrected chi connectivity index (χ0v) is 24.5. The van der Waals surface area contributed by atoms with E-state index in [4.69, 9.17) is 9.05 Å². The van der Waals surface area contributed by atoms with Crippen LogP contribution in [0.2, 0.25) is 0 Å². The number of unbranched alkanes of at least 4 members (excludes halogenated alkanes) is 12. The summed E-state index contributed by atoms with van der Waals surface area (Å²) in [4.78, 5) is 15.0. The molecule has 210 valence electrons. The summed E-state index contributed by atoms with van der Waals surface area (Å²) in [5, 5.41) is 0. The quantitative estimate of drug-likeness (QED) is 0.104. The van der Waals surface area contributed by atoms with Crippen molar-refractivity contribution in [2.24, 2.45) is 0 Å². The molecular formula is C28H59N2O4P. The molecule has 1 aliphatic rings. The van der Waals surface area contributed by atoms with Gasteiger partial charge in [-0.05, 0) is 19.3 Å². The first-order valence-corrected chi connectivity index (χ1v) is 16.6. The van der Waals surface area contributed by atoms with Gasteiger partial charge in [-0.25, -0.2) is 4.57 Å². The number of rotatable bonds is 24. The van der Waals surface area contributed by atoms with Gasteiger partial charge in [0.15, 0.2) is 0 Å². The number of hydrogen-bond acceptors (Lipinski definition) is 5. The van der Waals surface area contributed by atoms with E-state index in [1.54, 1.807) is 0 Å². The molecule has 1 heterocycles. The highest BCUT2D eigenvalue weighted by atomic mass is 31.2. The van der Waals surface area contributed by atoms with Crippen LogP contribution < -0.4 is 0 Å². The molecule has 0 aromatic heterocycles. The van der Waals surface area contributed by atoms with Crippen molar-refractivity contribution < 1.29 is 18.5 Å². The lowest BCUT2D eigenvalue weighted by molar-refractivity contribution is 0.0704. The molecule has 1 fully saturated rings. The average Bonchev–Trinajstić information content (AvgIpc) is 2.85. The van der Waals surface area contributed by atoms with E-state index >= 15 is 0 Å². The Morgan fingerprint density at radius 1 is 0.657 bits per heavy atom. The SMILES string of the molecule is CCCCCCCCCOP(=O)(O)OCCN1CCN(C(CCCCCC)CCCCCC)CC1. The summed E-state index contributed by atoms with van der Waals surface area (Å²) in [6.45, 7) is 12.2. The second-order valence-corrected chi connectivity index (χ2v) is 11.9. The van der Waals surface area contributed by atoms with Gasteiger partial charge < -0.3 is 4.89 Å². The fourth-order valence-electron chi connectivity index (χ4n) is 5.04. The van der Waals surface area contributed by atoms with Crippen molar-refractivity contribution in [2.75, 3.05) is 45.9 Å². The maximum absolute atomic E-state index is 12.1. The van der Waals surface area contributed by atoms with Crippen molar-refractivity contribution in [3.63, 3.8) is 0 Å². The largest absolute Gasteiger partial charge is 0.472 e. The molecule has 1 rings (SSSR count). The second kappa shape index (κ2) is 22.1. The third-order valence-electron chi connectivity index (χ3n) is 7.37. The van der Waals surface area contributed by atoms with Crippen LogP contribution in [0.15, 0.2) is 0 Å². The summed E-state index contributed by atoms with van der Waals surface area (Å²) in [5.74, 6) is 0. The molecule has 1 N–H and O–H groups in total. The van der Waals surface area contributed by atoms with Crippen LogP contribution >= 0.6 is 7.82 Å². The molecule has 0 aromatic rings. The first-order chi connectivity index (χ1) is 17.0. The highest BCUT2D eigenvalue weighted by Gasteiger charge is 2.25. The zero-order valence-electron chi connectivity index (χ0n) is 23.6.